The van der Waals surface area contributed by atoms with Crippen LogP contribution in [-0.4, -0.2) is 36.1 Å². The molecule has 0 radical (unpaired) electrons. The number of ether oxygens (including phenoxy) is 1. The number of hydrogen-bond donors (Lipinski definition) is 0. The third-order valence-electron chi connectivity index (χ3n) is 3.67. The molecule has 2 unspecified atom stereocenters. The molecule has 3 heteroatoms. The number of rotatable bonds is 3. The first-order valence-corrected chi connectivity index (χ1v) is 6.63. The van der Waals surface area contributed by atoms with Crippen molar-refractivity contribution in [2.75, 3.05) is 13.2 Å². The second kappa shape index (κ2) is 6.01. The maximum absolute atomic E-state index is 12.2. The largest absolute Gasteiger partial charge is 0.375 e. The SMILES string of the molecule is CC1OCCN(C(=O)CCc2ccccc2)C1C. The number of benzene rings is 1. The lowest BCUT2D eigenvalue weighted by molar-refractivity contribution is -0.143. The van der Waals surface area contributed by atoms with Gasteiger partial charge in [-0.3, -0.25) is 4.79 Å². The molecule has 1 amide bonds. The van der Waals surface area contributed by atoms with E-state index in [2.05, 4.69) is 19.1 Å². The van der Waals surface area contributed by atoms with Gasteiger partial charge in [0.25, 0.3) is 0 Å². The zero-order valence-electron chi connectivity index (χ0n) is 11.1. The van der Waals surface area contributed by atoms with E-state index >= 15 is 0 Å². The van der Waals surface area contributed by atoms with E-state index in [-0.39, 0.29) is 18.1 Å². The minimum Gasteiger partial charge on any atom is -0.375 e. The molecule has 3 nitrogen and oxygen atoms in total. The first-order chi connectivity index (χ1) is 8.68. The molecule has 0 N–H and O–H groups in total. The van der Waals surface area contributed by atoms with E-state index in [1.807, 2.05) is 30.0 Å². The van der Waals surface area contributed by atoms with Crippen LogP contribution in [0.1, 0.15) is 25.8 Å². The average Bonchev–Trinajstić information content (AvgIpc) is 2.40. The highest BCUT2D eigenvalue weighted by atomic mass is 16.5. The average molecular weight is 247 g/mol. The lowest BCUT2D eigenvalue weighted by atomic mass is 10.1. The highest BCUT2D eigenvalue weighted by molar-refractivity contribution is 5.77. The predicted octanol–water partition coefficient (Wildman–Crippen LogP) is 2.25. The molecule has 2 rings (SSSR count). The highest BCUT2D eigenvalue weighted by Gasteiger charge is 2.28. The van der Waals surface area contributed by atoms with Gasteiger partial charge in [0.1, 0.15) is 0 Å². The topological polar surface area (TPSA) is 29.5 Å². The monoisotopic (exact) mass is 247 g/mol. The number of amides is 1. The molecule has 0 spiro atoms. The van der Waals surface area contributed by atoms with Crippen LogP contribution in [0.5, 0.6) is 0 Å². The Morgan fingerprint density at radius 2 is 2.06 bits per heavy atom. The van der Waals surface area contributed by atoms with Crippen LogP contribution in [0, 0.1) is 0 Å². The van der Waals surface area contributed by atoms with Gasteiger partial charge in [0.2, 0.25) is 5.91 Å². The summed E-state index contributed by atoms with van der Waals surface area (Å²) >= 11 is 0. The number of aryl methyl sites for hydroxylation is 1. The summed E-state index contributed by atoms with van der Waals surface area (Å²) in [6.45, 7) is 5.47. The third-order valence-corrected chi connectivity index (χ3v) is 3.67. The fraction of sp³-hybridized carbons (Fsp3) is 0.533. The van der Waals surface area contributed by atoms with Crippen molar-refractivity contribution in [3.8, 4) is 0 Å². The van der Waals surface area contributed by atoms with Crippen LogP contribution in [0.25, 0.3) is 0 Å². The molecule has 0 aromatic heterocycles. The highest BCUT2D eigenvalue weighted by Crippen LogP contribution is 2.15. The van der Waals surface area contributed by atoms with Crippen molar-refractivity contribution in [3.63, 3.8) is 0 Å². The van der Waals surface area contributed by atoms with Gasteiger partial charge in [0, 0.05) is 13.0 Å². The Balaban J connectivity index is 1.88. The molecule has 2 atom stereocenters. The number of carbonyl (C=O) groups is 1. The fourth-order valence-electron chi connectivity index (χ4n) is 2.32. The summed E-state index contributed by atoms with van der Waals surface area (Å²) in [5, 5.41) is 0. The van der Waals surface area contributed by atoms with Gasteiger partial charge in [0.15, 0.2) is 0 Å². The van der Waals surface area contributed by atoms with Gasteiger partial charge < -0.3 is 9.64 Å². The molecule has 1 saturated heterocycles. The van der Waals surface area contributed by atoms with Crippen LogP contribution < -0.4 is 0 Å². The first-order valence-electron chi connectivity index (χ1n) is 6.63. The summed E-state index contributed by atoms with van der Waals surface area (Å²) in [5.74, 6) is 0.238. The Kier molecular flexibility index (Phi) is 4.37. The molecule has 1 fully saturated rings. The van der Waals surface area contributed by atoms with Crippen molar-refractivity contribution < 1.29 is 9.53 Å². The molecule has 1 aliphatic heterocycles. The summed E-state index contributed by atoms with van der Waals surface area (Å²) < 4.78 is 5.54. The van der Waals surface area contributed by atoms with Crippen LogP contribution in [0.15, 0.2) is 30.3 Å². The lowest BCUT2D eigenvalue weighted by Gasteiger charge is -2.38. The summed E-state index contributed by atoms with van der Waals surface area (Å²) in [6.07, 6.45) is 1.54. The molecule has 0 aliphatic carbocycles. The Bertz CT molecular complexity index is 391. The van der Waals surface area contributed by atoms with Gasteiger partial charge in [-0.15, -0.1) is 0 Å². The quantitative estimate of drug-likeness (QED) is 0.820. The molecular formula is C15H21NO2. The van der Waals surface area contributed by atoms with Gasteiger partial charge in [-0.1, -0.05) is 30.3 Å². The van der Waals surface area contributed by atoms with E-state index in [0.717, 1.165) is 13.0 Å². The van der Waals surface area contributed by atoms with Crippen LogP contribution in [0.3, 0.4) is 0 Å². The van der Waals surface area contributed by atoms with E-state index in [0.29, 0.717) is 13.0 Å². The van der Waals surface area contributed by atoms with E-state index in [9.17, 15) is 4.79 Å². The standard InChI is InChI=1S/C15H21NO2/c1-12-13(2)18-11-10-16(12)15(17)9-8-14-6-4-3-5-7-14/h3-7,12-13H,8-11H2,1-2H3. The maximum Gasteiger partial charge on any atom is 0.223 e. The zero-order chi connectivity index (χ0) is 13.0. The van der Waals surface area contributed by atoms with Crippen LogP contribution in [-0.2, 0) is 16.0 Å². The molecular weight excluding hydrogens is 226 g/mol. The molecule has 1 aromatic rings. The normalized spacial score (nSPS) is 24.0. The van der Waals surface area contributed by atoms with Gasteiger partial charge in [0.05, 0.1) is 18.8 Å². The summed E-state index contributed by atoms with van der Waals surface area (Å²) in [7, 11) is 0. The van der Waals surface area contributed by atoms with Gasteiger partial charge in [-0.2, -0.15) is 0 Å². The summed E-state index contributed by atoms with van der Waals surface area (Å²) in [6, 6.07) is 10.3. The van der Waals surface area contributed by atoms with Crippen LogP contribution in [0.2, 0.25) is 0 Å². The smallest absolute Gasteiger partial charge is 0.223 e. The summed E-state index contributed by atoms with van der Waals surface area (Å²) in [4.78, 5) is 14.2. The second-order valence-electron chi connectivity index (χ2n) is 4.89. The lowest BCUT2D eigenvalue weighted by Crippen LogP contribution is -2.51. The summed E-state index contributed by atoms with van der Waals surface area (Å²) in [5.41, 5.74) is 1.22. The van der Waals surface area contributed by atoms with Crippen LogP contribution in [0.4, 0.5) is 0 Å². The van der Waals surface area contributed by atoms with Crippen molar-refractivity contribution in [2.45, 2.75) is 38.8 Å². The van der Waals surface area contributed by atoms with Crippen LogP contribution >= 0.6 is 0 Å². The van der Waals surface area contributed by atoms with Crippen molar-refractivity contribution in [3.05, 3.63) is 35.9 Å². The minimum absolute atomic E-state index is 0.138. The van der Waals surface area contributed by atoms with Crippen molar-refractivity contribution >= 4 is 5.91 Å². The molecule has 0 bridgehead atoms. The van der Waals surface area contributed by atoms with E-state index in [1.165, 1.54) is 5.56 Å². The predicted molar refractivity (Wildman–Crippen MR) is 71.4 cm³/mol. The third kappa shape index (κ3) is 3.10. The Hall–Kier alpha value is -1.35. The fourth-order valence-corrected chi connectivity index (χ4v) is 2.32. The number of hydrogen-bond acceptors (Lipinski definition) is 2. The maximum atomic E-state index is 12.2. The van der Waals surface area contributed by atoms with Crippen molar-refractivity contribution in [2.24, 2.45) is 0 Å². The number of carbonyl (C=O) groups excluding carboxylic acids is 1. The van der Waals surface area contributed by atoms with Gasteiger partial charge in [-0.05, 0) is 25.8 Å². The molecule has 18 heavy (non-hydrogen) atoms. The Morgan fingerprint density at radius 1 is 1.33 bits per heavy atom. The minimum atomic E-state index is 0.138. The molecule has 1 heterocycles. The molecule has 98 valence electrons. The number of morpholine rings is 1. The van der Waals surface area contributed by atoms with E-state index < -0.39 is 0 Å². The van der Waals surface area contributed by atoms with Crippen molar-refractivity contribution in [1.29, 1.82) is 0 Å². The number of nitrogens with zero attached hydrogens (tertiary/aromatic N) is 1. The molecule has 0 saturated carbocycles. The Morgan fingerprint density at radius 3 is 2.78 bits per heavy atom. The van der Waals surface area contributed by atoms with E-state index in [4.69, 9.17) is 4.74 Å². The zero-order valence-corrected chi connectivity index (χ0v) is 11.1. The van der Waals surface area contributed by atoms with Gasteiger partial charge >= 0.3 is 0 Å². The first kappa shape index (κ1) is 13.1. The molecule has 1 aliphatic rings. The van der Waals surface area contributed by atoms with Gasteiger partial charge in [-0.25, -0.2) is 0 Å². The van der Waals surface area contributed by atoms with Crippen molar-refractivity contribution in [1.82, 2.24) is 4.90 Å². The van der Waals surface area contributed by atoms with E-state index in [1.54, 1.807) is 0 Å². The Labute approximate surface area is 109 Å². The molecule has 1 aromatic carbocycles. The second-order valence-corrected chi connectivity index (χ2v) is 4.89.